The molecular formula is C14H22N6O4. The summed E-state index contributed by atoms with van der Waals surface area (Å²) >= 11 is 0. The highest BCUT2D eigenvalue weighted by atomic mass is 16.5. The Balaban J connectivity index is 0.000000240. The van der Waals surface area contributed by atoms with E-state index < -0.39 is 12.1 Å². The molecular weight excluding hydrogens is 316 g/mol. The molecule has 0 aliphatic heterocycles. The van der Waals surface area contributed by atoms with E-state index in [-0.39, 0.29) is 11.9 Å². The topological polar surface area (TPSA) is 114 Å². The molecule has 132 valence electrons. The Morgan fingerprint density at radius 1 is 0.958 bits per heavy atom. The van der Waals surface area contributed by atoms with Crippen molar-refractivity contribution in [2.45, 2.75) is 39.8 Å². The van der Waals surface area contributed by atoms with Crippen LogP contribution >= 0.6 is 0 Å². The molecule has 2 atom stereocenters. The number of carbonyl (C=O) groups is 2. The average molecular weight is 338 g/mol. The van der Waals surface area contributed by atoms with Crippen LogP contribution in [0.3, 0.4) is 0 Å². The smallest absolute Gasteiger partial charge is 0.332 e. The summed E-state index contributed by atoms with van der Waals surface area (Å²) in [5, 5.41) is 14.9. The molecule has 0 aromatic carbocycles. The maximum atomic E-state index is 11.1. The molecule has 2 rings (SSSR count). The zero-order valence-electron chi connectivity index (χ0n) is 14.2. The lowest BCUT2D eigenvalue weighted by atomic mass is 10.3. The number of nitrogens with zero attached hydrogens (tertiary/aromatic N) is 6. The predicted molar refractivity (Wildman–Crippen MR) is 82.7 cm³/mol. The van der Waals surface area contributed by atoms with Crippen molar-refractivity contribution in [3.05, 3.63) is 24.8 Å². The molecule has 10 heteroatoms. The van der Waals surface area contributed by atoms with Gasteiger partial charge in [0.05, 0.1) is 31.8 Å². The third-order valence-electron chi connectivity index (χ3n) is 2.88. The molecule has 0 fully saturated rings. The minimum absolute atomic E-state index is 0.289. The van der Waals surface area contributed by atoms with E-state index in [1.54, 1.807) is 33.9 Å². The summed E-state index contributed by atoms with van der Waals surface area (Å²) < 4.78 is 11.0. The summed E-state index contributed by atoms with van der Waals surface area (Å²) in [6.45, 7) is 7.71. The lowest BCUT2D eigenvalue weighted by Crippen LogP contribution is -2.21. The van der Waals surface area contributed by atoms with E-state index in [2.05, 4.69) is 20.5 Å². The molecule has 2 heterocycles. The highest BCUT2D eigenvalue weighted by Gasteiger charge is 2.17. The molecule has 0 amide bonds. The molecule has 2 unspecified atom stereocenters. The first kappa shape index (κ1) is 19.3. The first-order chi connectivity index (χ1) is 11.5. The largest absolute Gasteiger partial charge is 0.464 e. The molecule has 0 bridgehead atoms. The standard InChI is InChI=1S/2C7H11N3O2/c1-3-12-7(11)6(2)10-5-4-8-9-10;1-3-12-7(11)6(2)10-8-4-5-9-10/h2*4-6H,3H2,1-2H3. The van der Waals surface area contributed by atoms with Gasteiger partial charge in [-0.15, -0.1) is 5.10 Å². The molecule has 0 N–H and O–H groups in total. The second kappa shape index (κ2) is 10.1. The van der Waals surface area contributed by atoms with Crippen LogP contribution in [0.2, 0.25) is 0 Å². The normalized spacial score (nSPS) is 12.5. The summed E-state index contributed by atoms with van der Waals surface area (Å²) in [4.78, 5) is 23.6. The van der Waals surface area contributed by atoms with Crippen LogP contribution < -0.4 is 0 Å². The van der Waals surface area contributed by atoms with Gasteiger partial charge in [0.15, 0.2) is 6.04 Å². The maximum absolute atomic E-state index is 11.1. The minimum atomic E-state index is -0.444. The molecule has 2 aromatic heterocycles. The Bertz CT molecular complexity index is 545. The highest BCUT2D eigenvalue weighted by Crippen LogP contribution is 2.04. The first-order valence-electron chi connectivity index (χ1n) is 7.56. The average Bonchev–Trinajstić information content (AvgIpc) is 3.27. The van der Waals surface area contributed by atoms with Crippen molar-refractivity contribution in [1.29, 1.82) is 0 Å². The molecule has 0 radical (unpaired) electrons. The Hall–Kier alpha value is -2.78. The fourth-order valence-corrected chi connectivity index (χ4v) is 1.58. The number of hydrogen-bond donors (Lipinski definition) is 0. The summed E-state index contributed by atoms with van der Waals surface area (Å²) in [5.41, 5.74) is 0. The van der Waals surface area contributed by atoms with Crippen LogP contribution in [0.15, 0.2) is 24.8 Å². The van der Waals surface area contributed by atoms with Gasteiger partial charge in [0.1, 0.15) is 6.04 Å². The summed E-state index contributed by atoms with van der Waals surface area (Å²) in [7, 11) is 0. The van der Waals surface area contributed by atoms with E-state index in [4.69, 9.17) is 9.47 Å². The maximum Gasteiger partial charge on any atom is 0.332 e. The number of aromatic nitrogens is 6. The second-order valence-corrected chi connectivity index (χ2v) is 4.59. The van der Waals surface area contributed by atoms with Crippen molar-refractivity contribution in [3.63, 3.8) is 0 Å². The molecule has 24 heavy (non-hydrogen) atoms. The number of rotatable bonds is 6. The zero-order valence-corrected chi connectivity index (χ0v) is 14.2. The van der Waals surface area contributed by atoms with E-state index in [0.717, 1.165) is 0 Å². The van der Waals surface area contributed by atoms with Crippen molar-refractivity contribution < 1.29 is 19.1 Å². The van der Waals surface area contributed by atoms with Crippen LogP contribution in [0.25, 0.3) is 0 Å². The summed E-state index contributed by atoms with van der Waals surface area (Å²) in [6.07, 6.45) is 6.20. The fraction of sp³-hybridized carbons (Fsp3) is 0.571. The van der Waals surface area contributed by atoms with E-state index in [9.17, 15) is 9.59 Å². The van der Waals surface area contributed by atoms with Gasteiger partial charge < -0.3 is 9.47 Å². The van der Waals surface area contributed by atoms with Crippen molar-refractivity contribution in [2.24, 2.45) is 0 Å². The van der Waals surface area contributed by atoms with Gasteiger partial charge >= 0.3 is 11.9 Å². The molecule has 2 aromatic rings. The molecule has 0 saturated carbocycles. The van der Waals surface area contributed by atoms with E-state index >= 15 is 0 Å². The summed E-state index contributed by atoms with van der Waals surface area (Å²) in [6, 6.07) is -0.840. The van der Waals surface area contributed by atoms with Crippen molar-refractivity contribution in [2.75, 3.05) is 13.2 Å². The zero-order chi connectivity index (χ0) is 17.9. The van der Waals surface area contributed by atoms with Crippen molar-refractivity contribution in [1.82, 2.24) is 30.0 Å². The van der Waals surface area contributed by atoms with Crippen LogP contribution in [0.5, 0.6) is 0 Å². The van der Waals surface area contributed by atoms with Gasteiger partial charge in [-0.05, 0) is 27.7 Å². The van der Waals surface area contributed by atoms with E-state index in [1.807, 2.05) is 0 Å². The summed E-state index contributed by atoms with van der Waals surface area (Å²) in [5.74, 6) is -0.600. The van der Waals surface area contributed by atoms with Crippen LogP contribution in [0.4, 0.5) is 0 Å². The van der Waals surface area contributed by atoms with Gasteiger partial charge in [-0.3, -0.25) is 0 Å². The number of carbonyl (C=O) groups excluding carboxylic acids is 2. The van der Waals surface area contributed by atoms with Gasteiger partial charge in [0, 0.05) is 6.20 Å². The Morgan fingerprint density at radius 3 is 1.96 bits per heavy atom. The lowest BCUT2D eigenvalue weighted by Gasteiger charge is -2.08. The fourth-order valence-electron chi connectivity index (χ4n) is 1.58. The van der Waals surface area contributed by atoms with Crippen molar-refractivity contribution in [3.8, 4) is 0 Å². The van der Waals surface area contributed by atoms with Gasteiger partial charge in [0.25, 0.3) is 0 Å². The SMILES string of the molecule is CCOC(=O)C(C)n1ccnn1.CCOC(=O)C(C)n1nccn1. The number of hydrogen-bond acceptors (Lipinski definition) is 8. The number of ether oxygens (including phenoxy) is 2. The highest BCUT2D eigenvalue weighted by molar-refractivity contribution is 5.73. The third-order valence-corrected chi connectivity index (χ3v) is 2.88. The molecule has 0 aliphatic carbocycles. The lowest BCUT2D eigenvalue weighted by molar-refractivity contribution is -0.148. The molecule has 0 spiro atoms. The van der Waals surface area contributed by atoms with Gasteiger partial charge in [0.2, 0.25) is 0 Å². The predicted octanol–water partition coefficient (Wildman–Crippen LogP) is 0.804. The molecule has 10 nitrogen and oxygen atoms in total. The molecule has 0 aliphatic rings. The van der Waals surface area contributed by atoms with Gasteiger partial charge in [-0.25, -0.2) is 14.3 Å². The quantitative estimate of drug-likeness (QED) is 0.711. The molecule has 0 saturated heterocycles. The Morgan fingerprint density at radius 2 is 1.50 bits per heavy atom. The van der Waals surface area contributed by atoms with E-state index in [0.29, 0.717) is 13.2 Å². The van der Waals surface area contributed by atoms with Crippen LogP contribution in [0.1, 0.15) is 39.8 Å². The van der Waals surface area contributed by atoms with Crippen molar-refractivity contribution >= 4 is 11.9 Å². The second-order valence-electron chi connectivity index (χ2n) is 4.59. The van der Waals surface area contributed by atoms with Gasteiger partial charge in [-0.2, -0.15) is 15.0 Å². The Labute approximate surface area is 139 Å². The van der Waals surface area contributed by atoms with Crippen LogP contribution in [-0.2, 0) is 19.1 Å². The van der Waals surface area contributed by atoms with Crippen LogP contribution in [-0.4, -0.2) is 55.1 Å². The third kappa shape index (κ3) is 5.78. The monoisotopic (exact) mass is 338 g/mol. The Kier molecular flexibility index (Phi) is 8.09. The first-order valence-corrected chi connectivity index (χ1v) is 7.56. The van der Waals surface area contributed by atoms with Crippen LogP contribution in [0, 0.1) is 0 Å². The van der Waals surface area contributed by atoms with Gasteiger partial charge in [-0.1, -0.05) is 5.21 Å². The van der Waals surface area contributed by atoms with E-state index in [1.165, 1.54) is 28.1 Å². The minimum Gasteiger partial charge on any atom is -0.464 e. The number of esters is 2.